The van der Waals surface area contributed by atoms with Gasteiger partial charge in [0.05, 0.1) is 9.88 Å². The zero-order valence-corrected chi connectivity index (χ0v) is 12.1. The van der Waals surface area contributed by atoms with Crippen LogP contribution in [-0.4, -0.2) is 30.0 Å². The summed E-state index contributed by atoms with van der Waals surface area (Å²) < 4.78 is 16.7. The minimum atomic E-state index is -0.489. The predicted molar refractivity (Wildman–Crippen MR) is 75.4 cm³/mol. The van der Waals surface area contributed by atoms with Gasteiger partial charge in [0, 0.05) is 32.7 Å². The van der Waals surface area contributed by atoms with Crippen molar-refractivity contribution in [2.24, 2.45) is 0 Å². The number of nitrogens with two attached hydrogens (primary N) is 1. The third-order valence-corrected chi connectivity index (χ3v) is 4.29. The predicted octanol–water partition coefficient (Wildman–Crippen LogP) is 2.42. The zero-order chi connectivity index (χ0) is 14.0. The second-order valence-corrected chi connectivity index (χ2v) is 5.78. The Balaban J connectivity index is 1.90. The fourth-order valence-corrected chi connectivity index (χ4v) is 3.08. The van der Waals surface area contributed by atoms with Crippen molar-refractivity contribution in [3.8, 4) is 10.8 Å². The van der Waals surface area contributed by atoms with Crippen LogP contribution in [0.1, 0.15) is 25.6 Å². The minimum Gasteiger partial charge on any atom is -0.391 e. The molecule has 1 aliphatic rings. The highest BCUT2D eigenvalue weighted by Gasteiger charge is 2.40. The molecule has 0 bridgehead atoms. The van der Waals surface area contributed by atoms with Gasteiger partial charge in [0.1, 0.15) is 5.60 Å². The zero-order valence-electron chi connectivity index (χ0n) is 11.3. The summed E-state index contributed by atoms with van der Waals surface area (Å²) in [6.07, 6.45) is 1.48. The Bertz CT molecular complexity index is 569. The van der Waals surface area contributed by atoms with Gasteiger partial charge in [-0.3, -0.25) is 0 Å². The molecule has 108 valence electrons. The summed E-state index contributed by atoms with van der Waals surface area (Å²) in [5, 5.41) is 4.84. The topological polar surface area (TPSA) is 83.4 Å². The van der Waals surface area contributed by atoms with E-state index in [-0.39, 0.29) is 0 Å². The molecular weight excluding hydrogens is 278 g/mol. The smallest absolute Gasteiger partial charge is 0.268 e. The lowest BCUT2D eigenvalue weighted by atomic mass is 9.93. The van der Waals surface area contributed by atoms with E-state index in [1.165, 1.54) is 11.3 Å². The molecule has 20 heavy (non-hydrogen) atoms. The largest absolute Gasteiger partial charge is 0.391 e. The van der Waals surface area contributed by atoms with Crippen LogP contribution in [0.15, 0.2) is 16.7 Å². The maximum atomic E-state index is 5.92. The van der Waals surface area contributed by atoms with Crippen molar-refractivity contribution in [1.82, 2.24) is 10.1 Å². The molecule has 1 fully saturated rings. The molecule has 3 rings (SSSR count). The van der Waals surface area contributed by atoms with Crippen molar-refractivity contribution in [3.05, 3.63) is 18.0 Å². The Hall–Kier alpha value is -1.44. The number of thiophene rings is 1. The number of anilines is 1. The number of nitrogens with zero attached hydrogens (tertiary/aromatic N) is 2. The van der Waals surface area contributed by atoms with Gasteiger partial charge in [0.2, 0.25) is 5.82 Å². The summed E-state index contributed by atoms with van der Waals surface area (Å²) in [6.45, 7) is 3.87. The lowest BCUT2D eigenvalue weighted by Gasteiger charge is -2.33. The Kier molecular flexibility index (Phi) is 3.73. The fourth-order valence-electron chi connectivity index (χ4n) is 2.39. The summed E-state index contributed by atoms with van der Waals surface area (Å²) in [7, 11) is 0. The Morgan fingerprint density at radius 1 is 1.40 bits per heavy atom. The summed E-state index contributed by atoms with van der Waals surface area (Å²) in [6, 6.07) is 3.71. The van der Waals surface area contributed by atoms with Gasteiger partial charge in [-0.25, -0.2) is 0 Å². The molecule has 0 aliphatic carbocycles. The third-order valence-electron chi connectivity index (χ3n) is 3.39. The van der Waals surface area contributed by atoms with Crippen molar-refractivity contribution >= 4 is 16.3 Å². The first-order valence-corrected chi connectivity index (χ1v) is 7.47. The SMILES string of the molecule is CCOC1(c2noc(-c3ccc(N)s3)n2)CCOCC1. The highest BCUT2D eigenvalue weighted by atomic mass is 32.1. The van der Waals surface area contributed by atoms with Crippen molar-refractivity contribution in [2.75, 3.05) is 25.6 Å². The van der Waals surface area contributed by atoms with Crippen LogP contribution in [0.3, 0.4) is 0 Å². The van der Waals surface area contributed by atoms with E-state index < -0.39 is 5.60 Å². The molecule has 2 aromatic heterocycles. The molecule has 6 nitrogen and oxygen atoms in total. The highest BCUT2D eigenvalue weighted by Crippen LogP contribution is 2.36. The first-order valence-electron chi connectivity index (χ1n) is 6.65. The second kappa shape index (κ2) is 5.51. The van der Waals surface area contributed by atoms with Gasteiger partial charge in [-0.15, -0.1) is 11.3 Å². The van der Waals surface area contributed by atoms with Crippen LogP contribution >= 0.6 is 11.3 Å². The molecule has 0 aromatic carbocycles. The van der Waals surface area contributed by atoms with Gasteiger partial charge in [0.15, 0.2) is 0 Å². The molecule has 2 aromatic rings. The lowest BCUT2D eigenvalue weighted by Crippen LogP contribution is -2.37. The molecular formula is C13H17N3O3S. The molecule has 0 atom stereocenters. The summed E-state index contributed by atoms with van der Waals surface area (Å²) in [4.78, 5) is 5.38. The number of aromatic nitrogens is 2. The minimum absolute atomic E-state index is 0.489. The Morgan fingerprint density at radius 2 is 2.20 bits per heavy atom. The Labute approximate surface area is 120 Å². The molecule has 3 heterocycles. The molecule has 1 saturated heterocycles. The monoisotopic (exact) mass is 295 g/mol. The quantitative estimate of drug-likeness (QED) is 0.932. The second-order valence-electron chi connectivity index (χ2n) is 4.66. The molecule has 0 spiro atoms. The molecule has 0 radical (unpaired) electrons. The van der Waals surface area contributed by atoms with E-state index in [0.717, 1.165) is 22.7 Å². The van der Waals surface area contributed by atoms with Crippen LogP contribution in [0.25, 0.3) is 10.8 Å². The van der Waals surface area contributed by atoms with Crippen LogP contribution in [0.5, 0.6) is 0 Å². The molecule has 1 aliphatic heterocycles. The number of rotatable bonds is 4. The Morgan fingerprint density at radius 3 is 2.85 bits per heavy atom. The number of nitrogen functional groups attached to an aromatic ring is 1. The summed E-state index contributed by atoms with van der Waals surface area (Å²) >= 11 is 1.43. The number of hydrogen-bond donors (Lipinski definition) is 1. The van der Waals surface area contributed by atoms with Crippen LogP contribution in [0.4, 0.5) is 5.00 Å². The van der Waals surface area contributed by atoms with Crippen LogP contribution in [0.2, 0.25) is 0 Å². The average molecular weight is 295 g/mol. The van der Waals surface area contributed by atoms with E-state index in [2.05, 4.69) is 10.1 Å². The van der Waals surface area contributed by atoms with Gasteiger partial charge >= 0.3 is 0 Å². The first-order chi connectivity index (χ1) is 9.73. The van der Waals surface area contributed by atoms with E-state index in [4.69, 9.17) is 19.7 Å². The third kappa shape index (κ3) is 2.44. The molecule has 0 unspecified atom stereocenters. The first kappa shape index (κ1) is 13.5. The molecule has 0 saturated carbocycles. The van der Waals surface area contributed by atoms with Gasteiger partial charge in [-0.1, -0.05) is 5.16 Å². The molecule has 7 heteroatoms. The van der Waals surface area contributed by atoms with Crippen molar-refractivity contribution < 1.29 is 14.0 Å². The lowest BCUT2D eigenvalue weighted by molar-refractivity contribution is -0.118. The van der Waals surface area contributed by atoms with Crippen LogP contribution in [-0.2, 0) is 15.1 Å². The molecule has 2 N–H and O–H groups in total. The van der Waals surface area contributed by atoms with E-state index in [0.29, 0.717) is 31.5 Å². The number of ether oxygens (including phenoxy) is 2. The summed E-state index contributed by atoms with van der Waals surface area (Å²) in [5.41, 5.74) is 5.24. The van der Waals surface area contributed by atoms with Gasteiger partial charge in [0.25, 0.3) is 5.89 Å². The normalized spacial score (nSPS) is 18.2. The maximum Gasteiger partial charge on any atom is 0.268 e. The fraction of sp³-hybridized carbons (Fsp3) is 0.538. The standard InChI is InChI=1S/C13H17N3O3S/c1-2-18-13(5-7-17-8-6-13)12-15-11(19-16-12)9-3-4-10(14)20-9/h3-4H,2,5-8,14H2,1H3. The summed E-state index contributed by atoms with van der Waals surface area (Å²) in [5.74, 6) is 1.09. The average Bonchev–Trinajstić information content (AvgIpc) is 3.09. The van der Waals surface area contributed by atoms with Crippen molar-refractivity contribution in [3.63, 3.8) is 0 Å². The van der Waals surface area contributed by atoms with Gasteiger partial charge < -0.3 is 19.7 Å². The van der Waals surface area contributed by atoms with E-state index in [1.807, 2.05) is 19.1 Å². The van der Waals surface area contributed by atoms with E-state index >= 15 is 0 Å². The van der Waals surface area contributed by atoms with Crippen LogP contribution < -0.4 is 5.73 Å². The van der Waals surface area contributed by atoms with E-state index in [9.17, 15) is 0 Å². The van der Waals surface area contributed by atoms with Crippen LogP contribution in [0, 0.1) is 0 Å². The highest BCUT2D eigenvalue weighted by molar-refractivity contribution is 7.19. The van der Waals surface area contributed by atoms with Gasteiger partial charge in [-0.05, 0) is 19.1 Å². The molecule has 0 amide bonds. The number of hydrogen-bond acceptors (Lipinski definition) is 7. The van der Waals surface area contributed by atoms with E-state index in [1.54, 1.807) is 0 Å². The van der Waals surface area contributed by atoms with Crippen molar-refractivity contribution in [1.29, 1.82) is 0 Å². The van der Waals surface area contributed by atoms with Crippen molar-refractivity contribution in [2.45, 2.75) is 25.4 Å². The maximum absolute atomic E-state index is 5.92. The van der Waals surface area contributed by atoms with Gasteiger partial charge in [-0.2, -0.15) is 4.98 Å².